The number of aliphatic hydroxyl groups excluding tert-OH is 1. The normalized spacial score (nSPS) is 24.3. The van der Waals surface area contributed by atoms with Crippen LogP contribution in [0.4, 0.5) is 10.1 Å². The van der Waals surface area contributed by atoms with Crippen molar-refractivity contribution in [2.45, 2.75) is 44.8 Å². The number of hydrogen-bond donors (Lipinski definition) is 2. The van der Waals surface area contributed by atoms with E-state index in [-0.39, 0.29) is 12.0 Å². The smallest absolute Gasteiger partial charge is 0.260 e. The van der Waals surface area contributed by atoms with E-state index >= 15 is 0 Å². The molecule has 7 heteroatoms. The Bertz CT molecular complexity index is 1150. The summed E-state index contributed by atoms with van der Waals surface area (Å²) in [6, 6.07) is 8.33. The lowest BCUT2D eigenvalue weighted by atomic mass is 9.93. The molecule has 1 amide bonds. The molecule has 172 valence electrons. The van der Waals surface area contributed by atoms with Gasteiger partial charge < -0.3 is 20.1 Å². The number of anilines is 1. The standard InChI is InChI=1S/C26H28FN3O3/c1-26(2)21(13-23(33-26)24-20-8-6-17(27)12-22(20)29-25(24)32)16-5-7-18(28-14-16)9-11-30-10-3-4-19(31)15-30/h5-8,12-14,19,31H,3-4,9-11,15H2,1-2H3,(H,29,32). The van der Waals surface area contributed by atoms with Crippen LogP contribution in [0.2, 0.25) is 0 Å². The number of ether oxygens (including phenoxy) is 1. The van der Waals surface area contributed by atoms with Gasteiger partial charge >= 0.3 is 0 Å². The van der Waals surface area contributed by atoms with E-state index in [9.17, 15) is 14.3 Å². The number of aliphatic hydroxyl groups is 1. The van der Waals surface area contributed by atoms with E-state index in [1.165, 1.54) is 12.1 Å². The zero-order chi connectivity index (χ0) is 23.2. The van der Waals surface area contributed by atoms with Gasteiger partial charge in [-0.05, 0) is 63.6 Å². The molecule has 1 aromatic carbocycles. The fourth-order valence-electron chi connectivity index (χ4n) is 4.85. The number of allylic oxidation sites excluding steroid dienone is 1. The summed E-state index contributed by atoms with van der Waals surface area (Å²) in [6.07, 6.45) is 6.27. The van der Waals surface area contributed by atoms with Gasteiger partial charge in [-0.3, -0.25) is 9.78 Å². The number of rotatable bonds is 4. The van der Waals surface area contributed by atoms with Crippen molar-refractivity contribution in [2.75, 3.05) is 25.0 Å². The Kier molecular flexibility index (Phi) is 5.54. The number of carbonyl (C=O) groups is 1. The van der Waals surface area contributed by atoms with Gasteiger partial charge in [-0.2, -0.15) is 0 Å². The fourth-order valence-corrected chi connectivity index (χ4v) is 4.85. The number of amides is 1. The third-order valence-electron chi connectivity index (χ3n) is 6.56. The highest BCUT2D eigenvalue weighted by Gasteiger charge is 2.38. The van der Waals surface area contributed by atoms with E-state index in [0.29, 0.717) is 22.6 Å². The van der Waals surface area contributed by atoms with Crippen molar-refractivity contribution in [2.24, 2.45) is 0 Å². The third-order valence-corrected chi connectivity index (χ3v) is 6.56. The number of nitrogens with zero attached hydrogens (tertiary/aromatic N) is 2. The molecule has 33 heavy (non-hydrogen) atoms. The average Bonchev–Trinajstić information content (AvgIpc) is 3.26. The van der Waals surface area contributed by atoms with Gasteiger partial charge in [0.2, 0.25) is 0 Å². The Labute approximate surface area is 192 Å². The predicted octanol–water partition coefficient (Wildman–Crippen LogP) is 3.78. The van der Waals surface area contributed by atoms with Crippen LogP contribution < -0.4 is 5.32 Å². The van der Waals surface area contributed by atoms with Crippen LogP contribution in [0, 0.1) is 5.82 Å². The SMILES string of the molecule is CC1(C)OC(=C2C(=O)Nc3cc(F)ccc32)C=C1c1ccc(CCN2CCCC(O)C2)nc1. The molecule has 0 spiro atoms. The summed E-state index contributed by atoms with van der Waals surface area (Å²) in [4.78, 5) is 19.6. The molecular formula is C26H28FN3O3. The second-order valence-electron chi connectivity index (χ2n) is 9.44. The quantitative estimate of drug-likeness (QED) is 0.695. The number of pyridine rings is 1. The van der Waals surface area contributed by atoms with Crippen LogP contribution in [-0.2, 0) is 16.0 Å². The van der Waals surface area contributed by atoms with Gasteiger partial charge in [0, 0.05) is 48.1 Å². The van der Waals surface area contributed by atoms with Crippen LogP contribution in [0.25, 0.3) is 11.1 Å². The van der Waals surface area contributed by atoms with Crippen molar-refractivity contribution in [3.8, 4) is 0 Å². The maximum Gasteiger partial charge on any atom is 0.260 e. The van der Waals surface area contributed by atoms with Gasteiger partial charge in [0.25, 0.3) is 5.91 Å². The molecule has 3 aliphatic heterocycles. The van der Waals surface area contributed by atoms with Crippen LogP contribution >= 0.6 is 0 Å². The molecule has 0 bridgehead atoms. The number of β-amino-alcohol motifs (C(OH)–C–C–N with tert-alkyl or cyclic N) is 1. The Morgan fingerprint density at radius 3 is 2.91 bits per heavy atom. The minimum Gasteiger partial charge on any atom is -0.482 e. The molecule has 6 nitrogen and oxygen atoms in total. The molecular weight excluding hydrogens is 421 g/mol. The Morgan fingerprint density at radius 1 is 1.30 bits per heavy atom. The summed E-state index contributed by atoms with van der Waals surface area (Å²) in [5.41, 5.74) is 3.75. The highest BCUT2D eigenvalue weighted by Crippen LogP contribution is 2.44. The summed E-state index contributed by atoms with van der Waals surface area (Å²) in [7, 11) is 0. The summed E-state index contributed by atoms with van der Waals surface area (Å²) < 4.78 is 19.8. The van der Waals surface area contributed by atoms with Gasteiger partial charge in [0.15, 0.2) is 0 Å². The van der Waals surface area contributed by atoms with Gasteiger partial charge in [-0.15, -0.1) is 0 Å². The molecule has 1 fully saturated rings. The molecule has 5 rings (SSSR count). The first-order chi connectivity index (χ1) is 15.8. The molecule has 1 saturated heterocycles. The van der Waals surface area contributed by atoms with Gasteiger partial charge in [-0.1, -0.05) is 6.07 Å². The minimum atomic E-state index is -0.640. The number of nitrogens with one attached hydrogen (secondary N) is 1. The number of aromatic nitrogens is 1. The van der Waals surface area contributed by atoms with Crippen LogP contribution in [0.3, 0.4) is 0 Å². The largest absolute Gasteiger partial charge is 0.482 e. The summed E-state index contributed by atoms with van der Waals surface area (Å²) in [5.74, 6) is -0.215. The average molecular weight is 450 g/mol. The second kappa shape index (κ2) is 8.39. The highest BCUT2D eigenvalue weighted by atomic mass is 19.1. The van der Waals surface area contributed by atoms with E-state index in [0.717, 1.165) is 55.7 Å². The third kappa shape index (κ3) is 4.30. The summed E-state index contributed by atoms with van der Waals surface area (Å²) in [5, 5.41) is 12.6. The summed E-state index contributed by atoms with van der Waals surface area (Å²) >= 11 is 0. The molecule has 2 aromatic rings. The van der Waals surface area contributed by atoms with Crippen LogP contribution in [-0.4, -0.2) is 52.2 Å². The molecule has 1 aromatic heterocycles. The van der Waals surface area contributed by atoms with E-state index in [1.807, 2.05) is 38.3 Å². The fraction of sp³-hybridized carbons (Fsp3) is 0.385. The van der Waals surface area contributed by atoms with E-state index < -0.39 is 11.4 Å². The molecule has 4 heterocycles. The lowest BCUT2D eigenvalue weighted by molar-refractivity contribution is -0.111. The maximum absolute atomic E-state index is 13.6. The van der Waals surface area contributed by atoms with Crippen LogP contribution in [0.1, 0.15) is 43.5 Å². The number of likely N-dealkylation sites (tertiary alicyclic amines) is 1. The monoisotopic (exact) mass is 449 g/mol. The van der Waals surface area contributed by atoms with Crippen molar-refractivity contribution in [3.63, 3.8) is 0 Å². The van der Waals surface area contributed by atoms with E-state index in [1.54, 1.807) is 6.07 Å². The summed E-state index contributed by atoms with van der Waals surface area (Å²) in [6.45, 7) is 6.55. The number of hydrogen-bond acceptors (Lipinski definition) is 5. The van der Waals surface area contributed by atoms with Crippen molar-refractivity contribution in [3.05, 3.63) is 71.0 Å². The Balaban J connectivity index is 1.37. The van der Waals surface area contributed by atoms with Crippen LogP contribution in [0.15, 0.2) is 48.4 Å². The zero-order valence-electron chi connectivity index (χ0n) is 18.9. The molecule has 3 aliphatic rings. The Morgan fingerprint density at radius 2 is 2.15 bits per heavy atom. The number of fused-ring (bicyclic) bond motifs is 1. The highest BCUT2D eigenvalue weighted by molar-refractivity contribution is 6.32. The van der Waals surface area contributed by atoms with Crippen molar-refractivity contribution >= 4 is 22.7 Å². The van der Waals surface area contributed by atoms with E-state index in [4.69, 9.17) is 4.74 Å². The molecule has 0 aliphatic carbocycles. The van der Waals surface area contributed by atoms with Gasteiger partial charge in [0.1, 0.15) is 17.2 Å². The van der Waals surface area contributed by atoms with Crippen molar-refractivity contribution < 1.29 is 19.0 Å². The van der Waals surface area contributed by atoms with Gasteiger partial charge in [0.05, 0.1) is 17.4 Å². The first-order valence-electron chi connectivity index (χ1n) is 11.4. The molecule has 1 atom stereocenters. The lowest BCUT2D eigenvalue weighted by Gasteiger charge is -2.29. The van der Waals surface area contributed by atoms with Crippen molar-refractivity contribution in [1.29, 1.82) is 0 Å². The zero-order valence-corrected chi connectivity index (χ0v) is 18.9. The Hall–Kier alpha value is -3.03. The maximum atomic E-state index is 13.6. The van der Waals surface area contributed by atoms with Gasteiger partial charge in [-0.25, -0.2) is 4.39 Å². The topological polar surface area (TPSA) is 74.7 Å². The first kappa shape index (κ1) is 21.8. The molecule has 0 saturated carbocycles. The number of benzene rings is 1. The van der Waals surface area contributed by atoms with Crippen molar-refractivity contribution in [1.82, 2.24) is 9.88 Å². The molecule has 0 radical (unpaired) electrons. The number of carbonyl (C=O) groups excluding carboxylic acids is 1. The predicted molar refractivity (Wildman–Crippen MR) is 125 cm³/mol. The lowest BCUT2D eigenvalue weighted by Crippen LogP contribution is -2.39. The molecule has 1 unspecified atom stereocenters. The molecule has 2 N–H and O–H groups in total. The van der Waals surface area contributed by atoms with Crippen LogP contribution in [0.5, 0.6) is 0 Å². The first-order valence-corrected chi connectivity index (χ1v) is 11.4. The number of halogens is 1. The number of piperidine rings is 1. The van der Waals surface area contributed by atoms with E-state index in [2.05, 4.69) is 15.2 Å². The minimum absolute atomic E-state index is 0.220. The second-order valence-corrected chi connectivity index (χ2v) is 9.44.